The van der Waals surface area contributed by atoms with Gasteiger partial charge >= 0.3 is 0 Å². The largest absolute Gasteiger partial charge is 0.394 e. The van der Waals surface area contributed by atoms with Crippen molar-refractivity contribution in [2.75, 3.05) is 17.7 Å². The highest BCUT2D eigenvalue weighted by Gasteiger charge is 2.43. The van der Waals surface area contributed by atoms with Gasteiger partial charge in [-0.05, 0) is 31.1 Å². The average Bonchev–Trinajstić information content (AvgIpc) is 3.05. The molecule has 9 nitrogen and oxygen atoms in total. The number of rotatable bonds is 14. The second kappa shape index (κ2) is 14.8. The first-order valence-electron chi connectivity index (χ1n) is 11.5. The number of unbranched alkanes of at least 4 members (excludes halogenated alkanes) is 7. The lowest BCUT2D eigenvalue weighted by molar-refractivity contribution is -0.116. The van der Waals surface area contributed by atoms with Gasteiger partial charge in [-0.2, -0.15) is 0 Å². The lowest BCUT2D eigenvalue weighted by Gasteiger charge is -2.18. The Labute approximate surface area is 203 Å². The van der Waals surface area contributed by atoms with E-state index in [1.165, 1.54) is 35.4 Å². The van der Waals surface area contributed by atoms with Crippen molar-refractivity contribution in [3.8, 4) is 0 Å². The Morgan fingerprint density at radius 2 is 1.76 bits per heavy atom. The molecule has 1 aliphatic heterocycles. The normalized spacial score (nSPS) is 22.4. The number of carbonyl (C=O) groups excluding carboxylic acids is 2. The number of nitrogens with zero attached hydrogens (tertiary/aromatic N) is 2. The molecule has 0 aliphatic carbocycles. The first-order valence-corrected chi connectivity index (χ1v) is 12.9. The van der Waals surface area contributed by atoms with Crippen molar-refractivity contribution in [3.05, 3.63) is 17.0 Å². The van der Waals surface area contributed by atoms with Gasteiger partial charge < -0.3 is 25.4 Å². The van der Waals surface area contributed by atoms with Crippen LogP contribution in [0, 0.1) is 4.77 Å². The Morgan fingerprint density at radius 1 is 1.12 bits per heavy atom. The Morgan fingerprint density at radius 3 is 2.33 bits per heavy atom. The molecular formula is C22H35N3O6S2. The van der Waals surface area contributed by atoms with Gasteiger partial charge in [0.2, 0.25) is 10.7 Å². The number of hydrogen-bond acceptors (Lipinski definition) is 9. The number of hydrogen-bond donors (Lipinski definition) is 4. The van der Waals surface area contributed by atoms with Gasteiger partial charge in [0.1, 0.15) is 24.1 Å². The van der Waals surface area contributed by atoms with Gasteiger partial charge in [0.05, 0.1) is 6.61 Å². The number of thioether (sulfide) groups is 1. The Kier molecular flexibility index (Phi) is 12.5. The van der Waals surface area contributed by atoms with Crippen LogP contribution in [0.15, 0.2) is 12.3 Å². The predicted octanol–water partition coefficient (Wildman–Crippen LogP) is 2.95. The second-order valence-corrected chi connectivity index (χ2v) is 9.84. The summed E-state index contributed by atoms with van der Waals surface area (Å²) >= 11 is 6.63. The predicted molar refractivity (Wildman–Crippen MR) is 129 cm³/mol. The fourth-order valence-electron chi connectivity index (χ4n) is 3.66. The number of aliphatic hydroxyl groups excluding tert-OH is 3. The molecule has 1 aliphatic rings. The third kappa shape index (κ3) is 9.42. The summed E-state index contributed by atoms with van der Waals surface area (Å²) in [5, 5.41) is 32.2. The third-order valence-electron chi connectivity index (χ3n) is 5.49. The molecule has 1 amide bonds. The molecule has 33 heavy (non-hydrogen) atoms. The summed E-state index contributed by atoms with van der Waals surface area (Å²) in [5.41, 5.74) is 0. The fourth-order valence-corrected chi connectivity index (χ4v) is 4.55. The van der Waals surface area contributed by atoms with E-state index in [0.29, 0.717) is 12.2 Å². The molecule has 1 aromatic rings. The summed E-state index contributed by atoms with van der Waals surface area (Å²) in [7, 11) is 0. The molecule has 1 saturated heterocycles. The number of aromatic nitrogens is 2. The standard InChI is InChI=1S/C22H35N3O6S2/c1-15(27)33-13-9-7-5-3-2-4-6-8-10-18(28)23-17-11-12-25(22(32)24-17)21-20(30)19(29)16(14-26)31-21/h11-12,16,19-21,26,29-30H,2-10,13-14H2,1H3,(H,23,24,28,32)/t16-,19-,20+,21-/m1/s1. The van der Waals surface area contributed by atoms with Crippen molar-refractivity contribution in [3.63, 3.8) is 0 Å². The van der Waals surface area contributed by atoms with Crippen molar-refractivity contribution in [2.45, 2.75) is 89.3 Å². The fraction of sp³-hybridized carbons (Fsp3) is 0.727. The van der Waals surface area contributed by atoms with E-state index >= 15 is 0 Å². The van der Waals surface area contributed by atoms with Gasteiger partial charge in [-0.3, -0.25) is 14.2 Å². The quantitative estimate of drug-likeness (QED) is 0.224. The zero-order valence-corrected chi connectivity index (χ0v) is 20.7. The van der Waals surface area contributed by atoms with Gasteiger partial charge in [0.25, 0.3) is 0 Å². The van der Waals surface area contributed by atoms with Crippen molar-refractivity contribution in [2.24, 2.45) is 0 Å². The number of anilines is 1. The van der Waals surface area contributed by atoms with E-state index in [2.05, 4.69) is 10.3 Å². The van der Waals surface area contributed by atoms with E-state index in [4.69, 9.17) is 17.0 Å². The number of ether oxygens (including phenoxy) is 1. The van der Waals surface area contributed by atoms with Crippen LogP contribution < -0.4 is 5.32 Å². The zero-order chi connectivity index (χ0) is 24.2. The Bertz CT molecular complexity index is 822. The molecular weight excluding hydrogens is 466 g/mol. The number of amides is 1. The SMILES string of the molecule is CC(=O)SCCCCCCCCCCC(=O)Nc1ccn([C@@H]2O[C@H](CO)[C@@H](O)[C@@H]2O)c(=S)n1. The highest BCUT2D eigenvalue weighted by Crippen LogP contribution is 2.29. The number of aliphatic hydroxyl groups is 3. The number of nitrogens with one attached hydrogen (secondary N) is 1. The smallest absolute Gasteiger partial charge is 0.225 e. The van der Waals surface area contributed by atoms with Crippen molar-refractivity contribution >= 4 is 40.8 Å². The minimum Gasteiger partial charge on any atom is -0.394 e. The minimum atomic E-state index is -1.25. The molecule has 0 radical (unpaired) electrons. The molecule has 11 heteroatoms. The van der Waals surface area contributed by atoms with Gasteiger partial charge in [-0.1, -0.05) is 50.3 Å². The molecule has 2 rings (SSSR count). The van der Waals surface area contributed by atoms with Crippen LogP contribution in [0.4, 0.5) is 5.82 Å². The van der Waals surface area contributed by atoms with Crippen molar-refractivity contribution in [1.82, 2.24) is 9.55 Å². The molecule has 0 unspecified atom stereocenters. The van der Waals surface area contributed by atoms with Crippen LogP contribution in [0.3, 0.4) is 0 Å². The molecule has 4 N–H and O–H groups in total. The molecule has 0 bridgehead atoms. The molecule has 186 valence electrons. The first-order chi connectivity index (χ1) is 15.8. The maximum Gasteiger partial charge on any atom is 0.225 e. The van der Waals surface area contributed by atoms with Gasteiger partial charge in [0, 0.05) is 25.3 Å². The summed E-state index contributed by atoms with van der Waals surface area (Å²) < 4.78 is 6.93. The number of carbonyl (C=O) groups is 2. The van der Waals surface area contributed by atoms with Gasteiger partial charge in [-0.15, -0.1) is 0 Å². The van der Waals surface area contributed by atoms with Crippen LogP contribution in [-0.4, -0.2) is 66.6 Å². The van der Waals surface area contributed by atoms with Gasteiger partial charge in [0.15, 0.2) is 11.3 Å². The average molecular weight is 502 g/mol. The molecule has 1 aromatic heterocycles. The summed E-state index contributed by atoms with van der Waals surface area (Å²) in [6.07, 6.45) is 6.27. The summed E-state index contributed by atoms with van der Waals surface area (Å²) in [6.45, 7) is 1.18. The minimum absolute atomic E-state index is 0.0857. The third-order valence-corrected chi connectivity index (χ3v) is 6.69. The highest BCUT2D eigenvalue weighted by molar-refractivity contribution is 8.13. The molecule has 1 fully saturated rings. The monoisotopic (exact) mass is 501 g/mol. The van der Waals surface area contributed by atoms with E-state index in [9.17, 15) is 24.9 Å². The molecule has 0 spiro atoms. The lowest BCUT2D eigenvalue weighted by atomic mass is 10.1. The van der Waals surface area contributed by atoms with Crippen LogP contribution in [0.5, 0.6) is 0 Å². The Balaban J connectivity index is 1.62. The first kappa shape index (κ1) is 27.9. The summed E-state index contributed by atoms with van der Waals surface area (Å²) in [5.74, 6) is 1.10. The summed E-state index contributed by atoms with van der Waals surface area (Å²) in [6, 6.07) is 1.55. The van der Waals surface area contributed by atoms with E-state index < -0.39 is 31.1 Å². The van der Waals surface area contributed by atoms with Gasteiger partial charge in [-0.25, -0.2) is 4.98 Å². The van der Waals surface area contributed by atoms with Crippen LogP contribution in [-0.2, 0) is 14.3 Å². The Hall–Kier alpha value is -1.37. The molecule has 0 saturated carbocycles. The summed E-state index contributed by atoms with van der Waals surface area (Å²) in [4.78, 5) is 27.2. The van der Waals surface area contributed by atoms with E-state index in [0.717, 1.165) is 44.3 Å². The van der Waals surface area contributed by atoms with Crippen molar-refractivity contribution in [1.29, 1.82) is 0 Å². The second-order valence-electron chi connectivity index (χ2n) is 8.20. The van der Waals surface area contributed by atoms with E-state index in [1.807, 2.05) is 0 Å². The zero-order valence-electron chi connectivity index (χ0n) is 19.0. The lowest BCUT2D eigenvalue weighted by Crippen LogP contribution is -2.33. The topological polar surface area (TPSA) is 134 Å². The maximum absolute atomic E-state index is 12.2. The molecule has 2 heterocycles. The van der Waals surface area contributed by atoms with Crippen molar-refractivity contribution < 1.29 is 29.6 Å². The molecule has 0 aromatic carbocycles. The van der Waals surface area contributed by atoms with Crippen LogP contribution in [0.25, 0.3) is 0 Å². The van der Waals surface area contributed by atoms with E-state index in [-0.39, 0.29) is 15.8 Å². The van der Waals surface area contributed by atoms with E-state index in [1.54, 1.807) is 13.0 Å². The van der Waals surface area contributed by atoms with Crippen LogP contribution >= 0.6 is 24.0 Å². The molecule has 4 atom stereocenters. The van der Waals surface area contributed by atoms with Crippen LogP contribution in [0.2, 0.25) is 0 Å². The van der Waals surface area contributed by atoms with Crippen LogP contribution in [0.1, 0.15) is 70.9 Å². The maximum atomic E-state index is 12.2. The highest BCUT2D eigenvalue weighted by atomic mass is 32.2.